The number of rotatable bonds is 14. The Morgan fingerprint density at radius 1 is 0.829 bits per heavy atom. The second kappa shape index (κ2) is 14.6. The third-order valence-corrected chi connectivity index (χ3v) is 5.60. The third kappa shape index (κ3) is 11.0. The highest BCUT2D eigenvalue weighted by Crippen LogP contribution is 2.13. The second-order valence-corrected chi connectivity index (χ2v) is 9.81. The lowest BCUT2D eigenvalue weighted by atomic mass is 9.99. The zero-order chi connectivity index (χ0) is 26.7. The molecule has 35 heavy (non-hydrogen) atoms. The lowest BCUT2D eigenvalue weighted by Crippen LogP contribution is -2.58. The molecule has 1 aromatic carbocycles. The van der Waals surface area contributed by atoms with Crippen LogP contribution in [0.3, 0.4) is 0 Å². The van der Waals surface area contributed by atoms with Crippen LogP contribution in [0.5, 0.6) is 5.75 Å². The number of carbonyl (C=O) groups excluding carboxylic acids is 3. The maximum atomic E-state index is 13.2. The van der Waals surface area contributed by atoms with Gasteiger partial charge in [-0.15, -0.1) is 0 Å². The Bertz CT molecular complexity index is 862. The number of amides is 3. The molecule has 4 atom stereocenters. The average molecular weight is 511 g/mol. The summed E-state index contributed by atoms with van der Waals surface area (Å²) >= 11 is 4.02. The highest BCUT2D eigenvalue weighted by molar-refractivity contribution is 7.80. The molecule has 1 aromatic rings. The van der Waals surface area contributed by atoms with E-state index in [-0.39, 0.29) is 42.6 Å². The molecule has 10 nitrogen and oxygen atoms in total. The summed E-state index contributed by atoms with van der Waals surface area (Å²) in [6, 6.07) is 2.05. The van der Waals surface area contributed by atoms with Gasteiger partial charge in [0.15, 0.2) is 0 Å². The van der Waals surface area contributed by atoms with Crippen molar-refractivity contribution in [2.45, 2.75) is 71.1 Å². The minimum atomic E-state index is -1.15. The van der Waals surface area contributed by atoms with Crippen LogP contribution in [0.15, 0.2) is 24.3 Å². The number of aromatic hydroxyl groups is 1. The summed E-state index contributed by atoms with van der Waals surface area (Å²) in [5, 5.41) is 26.8. The van der Waals surface area contributed by atoms with Crippen LogP contribution in [0.1, 0.15) is 46.1 Å². The van der Waals surface area contributed by atoms with Gasteiger partial charge in [0, 0.05) is 12.2 Å². The van der Waals surface area contributed by atoms with Crippen molar-refractivity contribution in [3.63, 3.8) is 0 Å². The standard InChI is InChI=1S/C24H38N4O6S/c1-13(2)9-18(22(31)28-20(24(33)34)10-14(3)4)27-23(32)19(26-21(30)17(25)12-35)11-15-5-7-16(29)8-6-15/h5-8,13-14,17-20,29,35H,9-12,25H2,1-4H3,(H,26,30)(H,27,32)(H,28,31)(H,33,34). The molecule has 0 saturated heterocycles. The molecule has 0 fully saturated rings. The molecule has 0 aromatic heterocycles. The Hall–Kier alpha value is -2.79. The number of carbonyl (C=O) groups is 4. The molecule has 0 aliphatic rings. The summed E-state index contributed by atoms with van der Waals surface area (Å²) in [6.45, 7) is 7.44. The SMILES string of the molecule is CC(C)CC(NC(=O)C(CC(C)C)NC(=O)C(Cc1ccc(O)cc1)NC(=O)C(N)CS)C(=O)O. The van der Waals surface area contributed by atoms with Gasteiger partial charge in [0.2, 0.25) is 17.7 Å². The largest absolute Gasteiger partial charge is 0.508 e. The van der Waals surface area contributed by atoms with Gasteiger partial charge < -0.3 is 31.9 Å². The van der Waals surface area contributed by atoms with Crippen LogP contribution in [0.2, 0.25) is 0 Å². The Labute approximate surface area is 211 Å². The van der Waals surface area contributed by atoms with Crippen LogP contribution < -0.4 is 21.7 Å². The molecule has 0 saturated carbocycles. The van der Waals surface area contributed by atoms with Gasteiger partial charge in [-0.25, -0.2) is 4.79 Å². The van der Waals surface area contributed by atoms with E-state index in [4.69, 9.17) is 5.73 Å². The fraction of sp³-hybridized carbons (Fsp3) is 0.583. The summed E-state index contributed by atoms with van der Waals surface area (Å²) in [4.78, 5) is 50.2. The van der Waals surface area contributed by atoms with Gasteiger partial charge in [-0.2, -0.15) is 12.6 Å². The Morgan fingerprint density at radius 2 is 1.29 bits per heavy atom. The maximum Gasteiger partial charge on any atom is 0.326 e. The van der Waals surface area contributed by atoms with Crippen LogP contribution in [-0.2, 0) is 25.6 Å². The number of nitrogens with two attached hydrogens (primary N) is 1. The van der Waals surface area contributed by atoms with E-state index >= 15 is 0 Å². The molecule has 196 valence electrons. The molecule has 0 heterocycles. The monoisotopic (exact) mass is 510 g/mol. The summed E-state index contributed by atoms with van der Waals surface area (Å²) < 4.78 is 0. The van der Waals surface area contributed by atoms with Crippen LogP contribution >= 0.6 is 12.6 Å². The van der Waals surface area contributed by atoms with Crippen LogP contribution in [-0.4, -0.2) is 63.8 Å². The molecular formula is C24H38N4O6S. The molecule has 0 bridgehead atoms. The van der Waals surface area contributed by atoms with Crippen molar-refractivity contribution in [1.29, 1.82) is 0 Å². The molecule has 1 rings (SSSR count). The maximum absolute atomic E-state index is 13.2. The molecule has 3 amide bonds. The minimum absolute atomic E-state index is 0.0159. The third-order valence-electron chi connectivity index (χ3n) is 5.20. The fourth-order valence-electron chi connectivity index (χ4n) is 3.38. The average Bonchev–Trinajstić information content (AvgIpc) is 2.77. The van der Waals surface area contributed by atoms with E-state index in [1.165, 1.54) is 12.1 Å². The van der Waals surface area contributed by atoms with Crippen LogP contribution in [0.4, 0.5) is 0 Å². The molecule has 0 spiro atoms. The highest BCUT2D eigenvalue weighted by Gasteiger charge is 2.31. The zero-order valence-corrected chi connectivity index (χ0v) is 21.5. The lowest BCUT2D eigenvalue weighted by Gasteiger charge is -2.26. The number of carboxylic acid groups (broad SMARTS) is 1. The number of hydrogen-bond donors (Lipinski definition) is 7. The van der Waals surface area contributed by atoms with E-state index in [1.54, 1.807) is 12.1 Å². The number of carboxylic acids is 1. The summed E-state index contributed by atoms with van der Waals surface area (Å²) in [7, 11) is 0. The second-order valence-electron chi connectivity index (χ2n) is 9.44. The predicted octanol–water partition coefficient (Wildman–Crippen LogP) is 0.823. The van der Waals surface area contributed by atoms with Crippen LogP contribution in [0.25, 0.3) is 0 Å². The number of aliphatic carboxylic acids is 1. The van der Waals surface area contributed by atoms with Gasteiger partial charge in [0.25, 0.3) is 0 Å². The number of benzene rings is 1. The van der Waals surface area contributed by atoms with Gasteiger partial charge in [-0.3, -0.25) is 14.4 Å². The van der Waals surface area contributed by atoms with E-state index in [9.17, 15) is 29.4 Å². The van der Waals surface area contributed by atoms with Crippen molar-refractivity contribution >= 4 is 36.3 Å². The molecule has 0 aliphatic heterocycles. The summed E-state index contributed by atoms with van der Waals surface area (Å²) in [5.41, 5.74) is 6.41. The quantitative estimate of drug-likeness (QED) is 0.182. The predicted molar refractivity (Wildman–Crippen MR) is 136 cm³/mol. The van der Waals surface area contributed by atoms with Crippen molar-refractivity contribution in [3.05, 3.63) is 29.8 Å². The van der Waals surface area contributed by atoms with Gasteiger partial charge in [-0.05, 0) is 42.4 Å². The minimum Gasteiger partial charge on any atom is -0.508 e. The molecular weight excluding hydrogens is 472 g/mol. The smallest absolute Gasteiger partial charge is 0.326 e. The number of nitrogens with one attached hydrogen (secondary N) is 3. The molecule has 0 aliphatic carbocycles. The molecule has 7 N–H and O–H groups in total. The Kier molecular flexibility index (Phi) is 12.6. The number of phenols is 1. The first-order chi connectivity index (χ1) is 16.3. The number of phenolic OH excluding ortho intramolecular Hbond substituents is 1. The van der Waals surface area contributed by atoms with E-state index in [1.807, 2.05) is 27.7 Å². The van der Waals surface area contributed by atoms with Crippen molar-refractivity contribution in [3.8, 4) is 5.75 Å². The van der Waals surface area contributed by atoms with Crippen molar-refractivity contribution in [2.75, 3.05) is 5.75 Å². The zero-order valence-electron chi connectivity index (χ0n) is 20.7. The number of hydrogen-bond acceptors (Lipinski definition) is 7. The van der Waals surface area contributed by atoms with Crippen molar-refractivity contribution in [2.24, 2.45) is 17.6 Å². The summed E-state index contributed by atoms with van der Waals surface area (Å²) in [5.74, 6) is -2.77. The van der Waals surface area contributed by atoms with E-state index in [0.717, 1.165) is 0 Å². The van der Waals surface area contributed by atoms with E-state index < -0.39 is 47.9 Å². The van der Waals surface area contributed by atoms with E-state index in [0.29, 0.717) is 5.56 Å². The van der Waals surface area contributed by atoms with Crippen LogP contribution in [0, 0.1) is 11.8 Å². The van der Waals surface area contributed by atoms with E-state index in [2.05, 4.69) is 28.6 Å². The first-order valence-electron chi connectivity index (χ1n) is 11.6. The van der Waals surface area contributed by atoms with Crippen molar-refractivity contribution in [1.82, 2.24) is 16.0 Å². The normalized spacial score (nSPS) is 14.6. The number of thiol groups is 1. The molecule has 11 heteroatoms. The lowest BCUT2D eigenvalue weighted by molar-refractivity contribution is -0.143. The van der Waals surface area contributed by atoms with Gasteiger partial charge in [0.05, 0.1) is 6.04 Å². The topological polar surface area (TPSA) is 171 Å². The first kappa shape index (κ1) is 30.2. The first-order valence-corrected chi connectivity index (χ1v) is 12.3. The van der Waals surface area contributed by atoms with Crippen molar-refractivity contribution < 1.29 is 29.4 Å². The highest BCUT2D eigenvalue weighted by atomic mass is 32.1. The van der Waals surface area contributed by atoms with Gasteiger partial charge >= 0.3 is 5.97 Å². The molecule has 4 unspecified atom stereocenters. The van der Waals surface area contributed by atoms with Gasteiger partial charge in [0.1, 0.15) is 23.9 Å². The Morgan fingerprint density at radius 3 is 1.77 bits per heavy atom. The van der Waals surface area contributed by atoms with Gasteiger partial charge in [-0.1, -0.05) is 39.8 Å². The Balaban J connectivity index is 3.11. The molecule has 0 radical (unpaired) electrons. The summed E-state index contributed by atoms with van der Waals surface area (Å²) in [6.07, 6.45) is 0.588. The fourth-order valence-corrected chi connectivity index (χ4v) is 3.54.